The third kappa shape index (κ3) is 6.65. The molecule has 90 valence electrons. The number of hydrogen-bond acceptors (Lipinski definition) is 2. The summed E-state index contributed by atoms with van der Waals surface area (Å²) < 4.78 is 36.9. The number of unbranched alkanes of at least 4 members (excludes halogenated alkanes) is 2. The van der Waals surface area contributed by atoms with Gasteiger partial charge < -0.3 is 5.73 Å². The molecule has 15 heavy (non-hydrogen) atoms. The Morgan fingerprint density at radius 1 is 1.40 bits per heavy atom. The average molecular weight is 242 g/mol. The molecule has 0 aromatic heterocycles. The van der Waals surface area contributed by atoms with Crippen LogP contribution in [0.5, 0.6) is 0 Å². The molecule has 0 fully saturated rings. The van der Waals surface area contributed by atoms with E-state index in [2.05, 4.69) is 0 Å². The number of amidine groups is 1. The van der Waals surface area contributed by atoms with Gasteiger partial charge in [-0.05, 0) is 12.2 Å². The predicted octanol–water partition coefficient (Wildman–Crippen LogP) is 3.02. The molecule has 6 heteroatoms. The van der Waals surface area contributed by atoms with E-state index in [-0.39, 0.29) is 5.75 Å². The normalized spacial score (nSPS) is 13.9. The molecular weight excluding hydrogens is 225 g/mol. The topological polar surface area (TPSA) is 49.9 Å². The third-order valence-corrected chi connectivity index (χ3v) is 3.09. The zero-order valence-corrected chi connectivity index (χ0v) is 9.55. The van der Waals surface area contributed by atoms with Crippen LogP contribution in [0.15, 0.2) is 0 Å². The molecule has 1 atom stereocenters. The summed E-state index contributed by atoms with van der Waals surface area (Å²) in [5, 5.41) is 6.87. The van der Waals surface area contributed by atoms with Crippen molar-refractivity contribution in [1.29, 1.82) is 5.41 Å². The standard InChI is InChI=1S/C9H17F3N2S/c1-2-3-4-5-15-6-7(8(13)14)9(10,11)12/h7H,2-6H2,1H3,(H3,13,14). The van der Waals surface area contributed by atoms with Crippen LogP contribution in [0.4, 0.5) is 13.2 Å². The highest BCUT2D eigenvalue weighted by Crippen LogP contribution is 2.29. The van der Waals surface area contributed by atoms with Crippen LogP contribution in [0, 0.1) is 11.3 Å². The highest BCUT2D eigenvalue weighted by molar-refractivity contribution is 7.99. The van der Waals surface area contributed by atoms with Gasteiger partial charge in [-0.25, -0.2) is 0 Å². The molecule has 0 rings (SSSR count). The van der Waals surface area contributed by atoms with Crippen molar-refractivity contribution in [3.8, 4) is 0 Å². The van der Waals surface area contributed by atoms with Crippen molar-refractivity contribution < 1.29 is 13.2 Å². The Labute approximate surface area is 92.3 Å². The maximum Gasteiger partial charge on any atom is 0.399 e. The van der Waals surface area contributed by atoms with Gasteiger partial charge in [0.1, 0.15) is 11.8 Å². The maximum absolute atomic E-state index is 12.3. The van der Waals surface area contributed by atoms with Crippen molar-refractivity contribution in [3.63, 3.8) is 0 Å². The number of thioether (sulfide) groups is 1. The highest BCUT2D eigenvalue weighted by Gasteiger charge is 2.41. The summed E-state index contributed by atoms with van der Waals surface area (Å²) in [6.07, 6.45) is -1.38. The summed E-state index contributed by atoms with van der Waals surface area (Å²) in [6.45, 7) is 2.04. The molecular formula is C9H17F3N2S. The van der Waals surface area contributed by atoms with E-state index in [9.17, 15) is 13.2 Å². The lowest BCUT2D eigenvalue weighted by Gasteiger charge is -2.18. The van der Waals surface area contributed by atoms with Crippen LogP contribution in [0.3, 0.4) is 0 Å². The fraction of sp³-hybridized carbons (Fsp3) is 0.889. The number of rotatable bonds is 7. The van der Waals surface area contributed by atoms with E-state index in [1.807, 2.05) is 6.92 Å². The number of nitrogens with two attached hydrogens (primary N) is 1. The Kier molecular flexibility index (Phi) is 6.80. The molecule has 0 radical (unpaired) electrons. The molecule has 0 aliphatic heterocycles. The smallest absolute Gasteiger partial charge is 0.387 e. The SMILES string of the molecule is CCCCCSCC(C(=N)N)C(F)(F)F. The first-order valence-electron chi connectivity index (χ1n) is 4.88. The summed E-state index contributed by atoms with van der Waals surface area (Å²) in [5.41, 5.74) is 4.91. The number of nitrogens with one attached hydrogen (secondary N) is 1. The average Bonchev–Trinajstić information content (AvgIpc) is 2.08. The second-order valence-corrected chi connectivity index (χ2v) is 4.48. The Bertz CT molecular complexity index is 194. The van der Waals surface area contributed by atoms with Gasteiger partial charge in [0.25, 0.3) is 0 Å². The molecule has 0 bridgehead atoms. The van der Waals surface area contributed by atoms with Gasteiger partial charge in [0, 0.05) is 5.75 Å². The van der Waals surface area contributed by atoms with Crippen LogP contribution >= 0.6 is 11.8 Å². The fourth-order valence-electron chi connectivity index (χ4n) is 1.02. The molecule has 0 saturated carbocycles. The van der Waals surface area contributed by atoms with Gasteiger partial charge in [-0.2, -0.15) is 24.9 Å². The van der Waals surface area contributed by atoms with Gasteiger partial charge in [0.15, 0.2) is 0 Å². The van der Waals surface area contributed by atoms with Crippen molar-refractivity contribution in [2.45, 2.75) is 32.4 Å². The number of hydrogen-bond donors (Lipinski definition) is 2. The monoisotopic (exact) mass is 242 g/mol. The second-order valence-electron chi connectivity index (χ2n) is 3.33. The quantitative estimate of drug-likeness (QED) is 0.409. The zero-order chi connectivity index (χ0) is 11.9. The van der Waals surface area contributed by atoms with E-state index in [1.54, 1.807) is 0 Å². The summed E-state index contributed by atoms with van der Waals surface area (Å²) >= 11 is 1.22. The summed E-state index contributed by atoms with van der Waals surface area (Å²) in [5.74, 6) is -2.01. The highest BCUT2D eigenvalue weighted by atomic mass is 32.2. The van der Waals surface area contributed by atoms with E-state index in [1.165, 1.54) is 11.8 Å². The van der Waals surface area contributed by atoms with Crippen molar-refractivity contribution in [3.05, 3.63) is 0 Å². The molecule has 3 N–H and O–H groups in total. The van der Waals surface area contributed by atoms with E-state index < -0.39 is 17.9 Å². The van der Waals surface area contributed by atoms with Crippen LogP contribution in [-0.4, -0.2) is 23.5 Å². The van der Waals surface area contributed by atoms with Gasteiger partial charge in [0.05, 0.1) is 0 Å². The van der Waals surface area contributed by atoms with Crippen molar-refractivity contribution in [2.24, 2.45) is 11.7 Å². The lowest BCUT2D eigenvalue weighted by molar-refractivity contribution is -0.149. The molecule has 0 amide bonds. The molecule has 0 aromatic carbocycles. The minimum atomic E-state index is -4.39. The van der Waals surface area contributed by atoms with Gasteiger partial charge in [0.2, 0.25) is 0 Å². The van der Waals surface area contributed by atoms with E-state index in [0.717, 1.165) is 19.3 Å². The molecule has 0 aliphatic rings. The molecule has 1 unspecified atom stereocenters. The van der Waals surface area contributed by atoms with Crippen molar-refractivity contribution in [1.82, 2.24) is 0 Å². The van der Waals surface area contributed by atoms with Gasteiger partial charge in [-0.3, -0.25) is 5.41 Å². The predicted molar refractivity (Wildman–Crippen MR) is 58.3 cm³/mol. The lowest BCUT2D eigenvalue weighted by atomic mass is 10.1. The number of alkyl halides is 3. The van der Waals surface area contributed by atoms with Gasteiger partial charge in [-0.1, -0.05) is 19.8 Å². The third-order valence-electron chi connectivity index (χ3n) is 1.95. The first-order valence-corrected chi connectivity index (χ1v) is 6.03. The van der Waals surface area contributed by atoms with E-state index in [0.29, 0.717) is 5.75 Å². The van der Waals surface area contributed by atoms with Gasteiger partial charge >= 0.3 is 6.18 Å². The lowest BCUT2D eigenvalue weighted by Crippen LogP contribution is -2.37. The fourth-order valence-corrected chi connectivity index (χ4v) is 2.20. The van der Waals surface area contributed by atoms with Crippen LogP contribution in [-0.2, 0) is 0 Å². The molecule has 0 aliphatic carbocycles. The summed E-state index contributed by atoms with van der Waals surface area (Å²) in [6, 6.07) is 0. The molecule has 0 spiro atoms. The van der Waals surface area contributed by atoms with Crippen LogP contribution in [0.25, 0.3) is 0 Å². The Morgan fingerprint density at radius 3 is 2.40 bits per heavy atom. The maximum atomic E-state index is 12.3. The van der Waals surface area contributed by atoms with Crippen LogP contribution in [0.2, 0.25) is 0 Å². The molecule has 0 heterocycles. The number of halogens is 3. The Hall–Kier alpha value is -0.390. The molecule has 0 saturated heterocycles. The van der Waals surface area contributed by atoms with Crippen molar-refractivity contribution >= 4 is 17.6 Å². The summed E-state index contributed by atoms with van der Waals surface area (Å²) in [7, 11) is 0. The summed E-state index contributed by atoms with van der Waals surface area (Å²) in [4.78, 5) is 0. The first kappa shape index (κ1) is 14.6. The minimum absolute atomic E-state index is 0.136. The Morgan fingerprint density at radius 2 is 2.00 bits per heavy atom. The first-order chi connectivity index (χ1) is 6.89. The second kappa shape index (κ2) is 6.98. The zero-order valence-electron chi connectivity index (χ0n) is 8.73. The van der Waals surface area contributed by atoms with Gasteiger partial charge in [-0.15, -0.1) is 0 Å². The van der Waals surface area contributed by atoms with Crippen LogP contribution in [0.1, 0.15) is 26.2 Å². The molecule has 2 nitrogen and oxygen atoms in total. The van der Waals surface area contributed by atoms with E-state index in [4.69, 9.17) is 11.1 Å². The molecule has 0 aromatic rings. The van der Waals surface area contributed by atoms with Crippen LogP contribution < -0.4 is 5.73 Å². The Balaban J connectivity index is 3.84. The van der Waals surface area contributed by atoms with E-state index >= 15 is 0 Å². The van der Waals surface area contributed by atoms with Crippen molar-refractivity contribution in [2.75, 3.05) is 11.5 Å². The minimum Gasteiger partial charge on any atom is -0.387 e. The largest absolute Gasteiger partial charge is 0.399 e.